The molecule has 4 N–H and O–H groups in total. The number of halogens is 1. The summed E-state index contributed by atoms with van der Waals surface area (Å²) in [6.45, 7) is 1.91. The number of carboxylic acids is 1. The average molecular weight is 440 g/mol. The zero-order valence-corrected chi connectivity index (χ0v) is 17.6. The van der Waals surface area contributed by atoms with Crippen LogP contribution in [0, 0.1) is 6.92 Å². The molecule has 2 aromatic carbocycles. The standard InChI is InChI=1S/C23H22ClN3O4/c1-14-6-8-15(9-7-14)20(13-21(28)29)27-23(31)26-19-11-10-17(25-22(19)30)12-16-4-2-3-5-18(16)24/h2-11,20H,12-13H2,1H3,(H,25,30)(H,28,29)(H2,26,27,31)/t20-/m0/s1. The molecule has 0 bridgehead atoms. The van der Waals surface area contributed by atoms with Gasteiger partial charge < -0.3 is 20.7 Å². The molecule has 1 atom stereocenters. The second kappa shape index (κ2) is 9.95. The topological polar surface area (TPSA) is 111 Å². The van der Waals surface area contributed by atoms with Crippen LogP contribution in [0.1, 0.15) is 34.8 Å². The molecule has 3 aromatic rings. The Morgan fingerprint density at radius 3 is 2.42 bits per heavy atom. The van der Waals surface area contributed by atoms with E-state index >= 15 is 0 Å². The number of carbonyl (C=O) groups excluding carboxylic acids is 1. The summed E-state index contributed by atoms with van der Waals surface area (Å²) in [5.74, 6) is -1.05. The highest BCUT2D eigenvalue weighted by atomic mass is 35.5. The Labute approximate surface area is 184 Å². The number of benzene rings is 2. The van der Waals surface area contributed by atoms with Crippen LogP contribution in [-0.4, -0.2) is 22.1 Å². The number of carboxylic acid groups (broad SMARTS) is 1. The van der Waals surface area contributed by atoms with Gasteiger partial charge in [0, 0.05) is 17.1 Å². The first-order valence-corrected chi connectivity index (χ1v) is 10.0. The molecule has 0 spiro atoms. The second-order valence-corrected chi connectivity index (χ2v) is 7.56. The van der Waals surface area contributed by atoms with Crippen LogP contribution in [0.3, 0.4) is 0 Å². The van der Waals surface area contributed by atoms with Crippen LogP contribution in [0.25, 0.3) is 0 Å². The van der Waals surface area contributed by atoms with Crippen LogP contribution in [0.5, 0.6) is 0 Å². The largest absolute Gasteiger partial charge is 0.481 e. The molecule has 160 valence electrons. The van der Waals surface area contributed by atoms with Crippen LogP contribution in [0.15, 0.2) is 65.5 Å². The monoisotopic (exact) mass is 439 g/mol. The zero-order valence-electron chi connectivity index (χ0n) is 16.8. The molecule has 1 aromatic heterocycles. The van der Waals surface area contributed by atoms with Crippen LogP contribution in [0.2, 0.25) is 5.02 Å². The summed E-state index contributed by atoms with van der Waals surface area (Å²) in [4.78, 5) is 38.8. The average Bonchev–Trinajstić information content (AvgIpc) is 2.71. The number of aliphatic carboxylic acids is 1. The third kappa shape index (κ3) is 6.20. The first-order valence-electron chi connectivity index (χ1n) is 9.63. The molecule has 1 heterocycles. The van der Waals surface area contributed by atoms with E-state index in [0.717, 1.165) is 11.1 Å². The highest BCUT2D eigenvalue weighted by molar-refractivity contribution is 6.31. The molecule has 0 saturated carbocycles. The van der Waals surface area contributed by atoms with Crippen molar-refractivity contribution in [1.82, 2.24) is 10.3 Å². The number of H-pyrrole nitrogens is 1. The van der Waals surface area contributed by atoms with Gasteiger partial charge in [-0.25, -0.2) is 4.79 Å². The smallest absolute Gasteiger partial charge is 0.319 e. The van der Waals surface area contributed by atoms with Crippen molar-refractivity contribution in [3.05, 3.63) is 98.4 Å². The lowest BCUT2D eigenvalue weighted by molar-refractivity contribution is -0.137. The quantitative estimate of drug-likeness (QED) is 0.440. The predicted molar refractivity (Wildman–Crippen MR) is 120 cm³/mol. The Bertz CT molecular complexity index is 1140. The number of aromatic amines is 1. The van der Waals surface area contributed by atoms with Crippen LogP contribution in [0.4, 0.5) is 10.5 Å². The molecule has 0 radical (unpaired) electrons. The predicted octanol–water partition coefficient (Wildman–Crippen LogP) is 4.27. The van der Waals surface area contributed by atoms with E-state index in [1.165, 1.54) is 6.07 Å². The zero-order chi connectivity index (χ0) is 22.4. The molecular weight excluding hydrogens is 418 g/mol. The maximum Gasteiger partial charge on any atom is 0.319 e. The Morgan fingerprint density at radius 2 is 1.77 bits per heavy atom. The van der Waals surface area contributed by atoms with Crippen LogP contribution in [-0.2, 0) is 11.2 Å². The summed E-state index contributed by atoms with van der Waals surface area (Å²) in [5, 5.41) is 14.9. The van der Waals surface area contributed by atoms with Gasteiger partial charge in [0.2, 0.25) is 0 Å². The summed E-state index contributed by atoms with van der Waals surface area (Å²) < 4.78 is 0. The summed E-state index contributed by atoms with van der Waals surface area (Å²) in [5.41, 5.74) is 2.78. The number of carbonyl (C=O) groups is 2. The third-order valence-corrected chi connectivity index (χ3v) is 5.09. The molecule has 2 amide bonds. The molecule has 7 nitrogen and oxygen atoms in total. The molecule has 3 rings (SSSR count). The Hall–Kier alpha value is -3.58. The van der Waals surface area contributed by atoms with Crippen molar-refractivity contribution in [3.8, 4) is 0 Å². The lowest BCUT2D eigenvalue weighted by Crippen LogP contribution is -2.35. The molecule has 31 heavy (non-hydrogen) atoms. The Balaban J connectivity index is 1.70. The van der Waals surface area contributed by atoms with Crippen molar-refractivity contribution in [1.29, 1.82) is 0 Å². The lowest BCUT2D eigenvalue weighted by Gasteiger charge is -2.18. The van der Waals surface area contributed by atoms with Gasteiger partial charge in [-0.3, -0.25) is 9.59 Å². The third-order valence-electron chi connectivity index (χ3n) is 4.72. The fourth-order valence-corrected chi connectivity index (χ4v) is 3.31. The van der Waals surface area contributed by atoms with Crippen molar-refractivity contribution < 1.29 is 14.7 Å². The molecule has 0 aliphatic carbocycles. The second-order valence-electron chi connectivity index (χ2n) is 7.15. The van der Waals surface area contributed by atoms with Crippen molar-refractivity contribution in [2.75, 3.05) is 5.32 Å². The fraction of sp³-hybridized carbons (Fsp3) is 0.174. The number of pyridine rings is 1. The maximum absolute atomic E-state index is 12.4. The highest BCUT2D eigenvalue weighted by Crippen LogP contribution is 2.19. The SMILES string of the molecule is Cc1ccc([C@H](CC(=O)O)NC(=O)Nc2ccc(Cc3ccccc3Cl)[nH]c2=O)cc1. The number of anilines is 1. The molecule has 0 saturated heterocycles. The van der Waals surface area contributed by atoms with Gasteiger partial charge in [-0.1, -0.05) is 59.6 Å². The summed E-state index contributed by atoms with van der Waals surface area (Å²) in [6, 6.07) is 16.3. The molecule has 0 fully saturated rings. The van der Waals surface area contributed by atoms with Crippen molar-refractivity contribution in [2.24, 2.45) is 0 Å². The fourth-order valence-electron chi connectivity index (χ4n) is 3.11. The van der Waals surface area contributed by atoms with Gasteiger partial charge in [-0.05, 0) is 36.2 Å². The van der Waals surface area contributed by atoms with E-state index in [9.17, 15) is 19.5 Å². The van der Waals surface area contributed by atoms with Gasteiger partial charge in [0.15, 0.2) is 0 Å². The molecule has 8 heteroatoms. The highest BCUT2D eigenvalue weighted by Gasteiger charge is 2.18. The normalized spacial score (nSPS) is 11.5. The first-order chi connectivity index (χ1) is 14.8. The summed E-state index contributed by atoms with van der Waals surface area (Å²) in [6.07, 6.45) is 0.152. The first kappa shape index (κ1) is 22.1. The lowest BCUT2D eigenvalue weighted by atomic mass is 10.0. The number of hydrogen-bond donors (Lipinski definition) is 4. The number of rotatable bonds is 7. The van der Waals surface area contributed by atoms with Crippen molar-refractivity contribution >= 4 is 29.3 Å². The van der Waals surface area contributed by atoms with E-state index < -0.39 is 23.6 Å². The van der Waals surface area contributed by atoms with Gasteiger partial charge in [0.25, 0.3) is 5.56 Å². The Morgan fingerprint density at radius 1 is 1.06 bits per heavy atom. The van der Waals surface area contributed by atoms with Gasteiger partial charge in [0.1, 0.15) is 5.69 Å². The minimum Gasteiger partial charge on any atom is -0.481 e. The number of aryl methyl sites for hydroxylation is 1. The van der Waals surface area contributed by atoms with Crippen molar-refractivity contribution in [3.63, 3.8) is 0 Å². The molecular formula is C23H22ClN3O4. The van der Waals surface area contributed by atoms with Crippen LogP contribution >= 0.6 is 11.6 Å². The summed E-state index contributed by atoms with van der Waals surface area (Å²) in [7, 11) is 0. The van der Waals surface area contributed by atoms with E-state index in [1.807, 2.05) is 37.3 Å². The number of nitrogens with one attached hydrogen (secondary N) is 3. The van der Waals surface area contributed by atoms with Gasteiger partial charge in [0.05, 0.1) is 12.5 Å². The van der Waals surface area contributed by atoms with Crippen molar-refractivity contribution in [2.45, 2.75) is 25.8 Å². The maximum atomic E-state index is 12.4. The minimum absolute atomic E-state index is 0.0541. The Kier molecular flexibility index (Phi) is 7.10. The molecule has 0 aliphatic rings. The molecule has 0 aliphatic heterocycles. The van der Waals surface area contributed by atoms with E-state index in [1.54, 1.807) is 24.3 Å². The van der Waals surface area contributed by atoms with E-state index in [-0.39, 0.29) is 12.1 Å². The van der Waals surface area contributed by atoms with Gasteiger partial charge >= 0.3 is 12.0 Å². The van der Waals surface area contributed by atoms with E-state index in [2.05, 4.69) is 15.6 Å². The van der Waals surface area contributed by atoms with Gasteiger partial charge in [-0.2, -0.15) is 0 Å². The number of aromatic nitrogens is 1. The van der Waals surface area contributed by atoms with Crippen LogP contribution < -0.4 is 16.2 Å². The van der Waals surface area contributed by atoms with E-state index in [4.69, 9.17) is 11.6 Å². The van der Waals surface area contributed by atoms with Gasteiger partial charge in [-0.15, -0.1) is 0 Å². The van der Waals surface area contributed by atoms with E-state index in [0.29, 0.717) is 22.7 Å². The number of hydrogen-bond acceptors (Lipinski definition) is 3. The number of amides is 2. The molecule has 0 unspecified atom stereocenters. The number of urea groups is 1. The minimum atomic E-state index is -1.05. The summed E-state index contributed by atoms with van der Waals surface area (Å²) >= 11 is 6.16.